The molecule has 0 aromatic heterocycles. The Labute approximate surface area is 213 Å². The number of hydrogen-bond donors (Lipinski definition) is 0. The van der Waals surface area contributed by atoms with Crippen molar-refractivity contribution in [2.75, 3.05) is 20.6 Å². The van der Waals surface area contributed by atoms with Crippen molar-refractivity contribution in [3.05, 3.63) is 47.5 Å². The van der Waals surface area contributed by atoms with E-state index in [-0.39, 0.29) is 0 Å². The van der Waals surface area contributed by atoms with Gasteiger partial charge in [-0.2, -0.15) is 0 Å². The van der Waals surface area contributed by atoms with Gasteiger partial charge in [0.05, 0.1) is 0 Å². The van der Waals surface area contributed by atoms with Crippen molar-refractivity contribution in [2.45, 2.75) is 90.1 Å². The van der Waals surface area contributed by atoms with Crippen LogP contribution < -0.4 is 0 Å². The Bertz CT molecular complexity index is 987. The van der Waals surface area contributed by atoms with Gasteiger partial charge in [-0.25, -0.2) is 0 Å². The third-order valence-corrected chi connectivity index (χ3v) is 12.1. The van der Waals surface area contributed by atoms with Gasteiger partial charge in [-0.1, -0.05) is 48.9 Å². The molecule has 1 saturated heterocycles. The molecule has 3 heteroatoms. The molecule has 1 aromatic rings. The highest BCUT2D eigenvalue weighted by atomic mass is 16.2. The van der Waals surface area contributed by atoms with Gasteiger partial charge >= 0.3 is 0 Å². The first kappa shape index (κ1) is 23.8. The van der Waals surface area contributed by atoms with Crippen LogP contribution in [0.4, 0.5) is 0 Å². The summed E-state index contributed by atoms with van der Waals surface area (Å²) in [4.78, 5) is 17.8. The molecule has 190 valence electrons. The normalized spacial score (nSPS) is 42.5. The van der Waals surface area contributed by atoms with Crippen LogP contribution in [0.2, 0.25) is 0 Å². The lowest BCUT2D eigenvalue weighted by Gasteiger charge is -2.58. The summed E-state index contributed by atoms with van der Waals surface area (Å²) in [6.07, 6.45) is 14.8. The SMILES string of the molecule is C[C@H]1C2CC[C@H]3[C@@H]4CC=C5C[C@@H](N(C)C(=O)CCc6ccccc6)CC[C@]5(C)[C@H]4CC[C@]23CN1C. The number of carbonyl (C=O) groups is 1. The second-order valence-corrected chi connectivity index (χ2v) is 13.3. The van der Waals surface area contributed by atoms with Crippen molar-refractivity contribution in [3.8, 4) is 0 Å². The average molecular weight is 475 g/mol. The standard InChI is InChI=1S/C32H46N2O/c1-22-27-13-14-29-26-12-11-24-20-25(34(4)30(35)15-10-23-8-6-5-7-9-23)16-18-31(24,2)28(26)17-19-32(27,29)21-33(22)3/h5-9,11,22,25-29H,10,12-21H2,1-4H3/t22-,25-,26+,27?,28-,29-,31-,32-/m0/s1. The fourth-order valence-electron chi connectivity index (χ4n) is 10.1. The molecule has 4 aliphatic carbocycles. The maximum Gasteiger partial charge on any atom is 0.222 e. The Hall–Kier alpha value is -1.61. The first-order valence-electron chi connectivity index (χ1n) is 14.5. The minimum absolute atomic E-state index is 0.313. The fraction of sp³-hybridized carbons (Fsp3) is 0.719. The fourth-order valence-corrected chi connectivity index (χ4v) is 10.1. The highest BCUT2D eigenvalue weighted by Gasteiger charge is 2.64. The molecule has 1 aliphatic heterocycles. The summed E-state index contributed by atoms with van der Waals surface area (Å²) in [6, 6.07) is 11.6. The minimum atomic E-state index is 0.313. The number of nitrogens with zero attached hydrogens (tertiary/aromatic N) is 2. The molecule has 0 N–H and O–H groups in total. The monoisotopic (exact) mass is 474 g/mol. The number of fused-ring (bicyclic) bond motifs is 4. The van der Waals surface area contributed by atoms with Gasteiger partial charge < -0.3 is 9.80 Å². The highest BCUT2D eigenvalue weighted by molar-refractivity contribution is 5.76. The number of allylic oxidation sites excluding steroid dienone is 1. The predicted octanol–water partition coefficient (Wildman–Crippen LogP) is 6.34. The van der Waals surface area contributed by atoms with Gasteiger partial charge in [0.15, 0.2) is 0 Å². The van der Waals surface area contributed by atoms with Gasteiger partial charge in [0.25, 0.3) is 0 Å². The van der Waals surface area contributed by atoms with Crippen LogP contribution >= 0.6 is 0 Å². The maximum absolute atomic E-state index is 13.1. The third kappa shape index (κ3) is 3.66. The Morgan fingerprint density at radius 2 is 1.83 bits per heavy atom. The summed E-state index contributed by atoms with van der Waals surface area (Å²) in [5.41, 5.74) is 3.93. The summed E-state index contributed by atoms with van der Waals surface area (Å²) in [6.45, 7) is 6.45. The lowest BCUT2D eigenvalue weighted by Crippen LogP contribution is -2.53. The van der Waals surface area contributed by atoms with Crippen molar-refractivity contribution in [3.63, 3.8) is 0 Å². The number of likely N-dealkylation sites (tertiary alicyclic amines) is 1. The van der Waals surface area contributed by atoms with Crippen LogP contribution in [0.25, 0.3) is 0 Å². The van der Waals surface area contributed by atoms with Crippen molar-refractivity contribution in [1.82, 2.24) is 9.80 Å². The molecule has 4 fully saturated rings. The Morgan fingerprint density at radius 1 is 1.06 bits per heavy atom. The average Bonchev–Trinajstić information content (AvgIpc) is 3.35. The first-order valence-corrected chi connectivity index (χ1v) is 14.5. The van der Waals surface area contributed by atoms with Gasteiger partial charge in [0, 0.05) is 32.1 Å². The van der Waals surface area contributed by atoms with Crippen molar-refractivity contribution in [1.29, 1.82) is 0 Å². The van der Waals surface area contributed by atoms with E-state index in [9.17, 15) is 4.79 Å². The van der Waals surface area contributed by atoms with E-state index < -0.39 is 0 Å². The molecule has 3 nitrogen and oxygen atoms in total. The quantitative estimate of drug-likeness (QED) is 0.476. The van der Waals surface area contributed by atoms with Crippen LogP contribution in [0, 0.1) is 34.5 Å². The summed E-state index contributed by atoms with van der Waals surface area (Å²) in [7, 11) is 4.44. The third-order valence-electron chi connectivity index (χ3n) is 12.1. The molecule has 1 heterocycles. The highest BCUT2D eigenvalue weighted by Crippen LogP contribution is 2.68. The molecule has 0 bridgehead atoms. The number of rotatable bonds is 4. The number of amides is 1. The lowest BCUT2D eigenvalue weighted by atomic mass is 9.47. The minimum Gasteiger partial charge on any atom is -0.342 e. The second-order valence-electron chi connectivity index (χ2n) is 13.3. The van der Waals surface area contributed by atoms with Gasteiger partial charge in [-0.05, 0) is 112 Å². The molecule has 35 heavy (non-hydrogen) atoms. The number of aryl methyl sites for hydroxylation is 1. The maximum atomic E-state index is 13.1. The summed E-state index contributed by atoms with van der Waals surface area (Å²) in [5.74, 6) is 3.94. The van der Waals surface area contributed by atoms with E-state index in [2.05, 4.69) is 68.1 Å². The Balaban J connectivity index is 1.14. The van der Waals surface area contributed by atoms with Crippen LogP contribution in [0.15, 0.2) is 42.0 Å². The number of carbonyl (C=O) groups excluding carboxylic acids is 1. The van der Waals surface area contributed by atoms with Crippen molar-refractivity contribution in [2.24, 2.45) is 34.5 Å². The van der Waals surface area contributed by atoms with Crippen molar-refractivity contribution < 1.29 is 4.79 Å². The second kappa shape index (κ2) is 8.75. The first-order chi connectivity index (χ1) is 16.8. The van der Waals surface area contributed by atoms with E-state index in [0.29, 0.717) is 29.2 Å². The molecular formula is C32H46N2O. The van der Waals surface area contributed by atoms with Crippen molar-refractivity contribution >= 4 is 5.91 Å². The topological polar surface area (TPSA) is 23.6 Å². The van der Waals surface area contributed by atoms with Crippen LogP contribution in [0.1, 0.15) is 77.2 Å². The van der Waals surface area contributed by atoms with E-state index in [1.54, 1.807) is 5.57 Å². The molecule has 5 aliphatic rings. The summed E-state index contributed by atoms with van der Waals surface area (Å²) >= 11 is 0. The van der Waals surface area contributed by atoms with Crippen LogP contribution in [-0.2, 0) is 11.2 Å². The molecule has 8 atom stereocenters. The van der Waals surface area contributed by atoms with Gasteiger partial charge in [-0.3, -0.25) is 4.79 Å². The molecule has 1 aromatic carbocycles. The zero-order chi connectivity index (χ0) is 24.4. The van der Waals surface area contributed by atoms with Crippen LogP contribution in [0.5, 0.6) is 0 Å². The zero-order valence-electron chi connectivity index (χ0n) is 22.5. The largest absolute Gasteiger partial charge is 0.342 e. The molecule has 1 amide bonds. The van der Waals surface area contributed by atoms with Crippen LogP contribution in [-0.4, -0.2) is 48.4 Å². The molecule has 6 rings (SSSR count). The number of hydrogen-bond acceptors (Lipinski definition) is 2. The summed E-state index contributed by atoms with van der Waals surface area (Å²) in [5, 5.41) is 0. The smallest absolute Gasteiger partial charge is 0.222 e. The summed E-state index contributed by atoms with van der Waals surface area (Å²) < 4.78 is 0. The molecule has 0 radical (unpaired) electrons. The Kier molecular flexibility index (Phi) is 5.94. The molecule has 1 unspecified atom stereocenters. The van der Waals surface area contributed by atoms with Gasteiger partial charge in [0.1, 0.15) is 0 Å². The van der Waals surface area contributed by atoms with E-state index in [1.165, 1.54) is 57.1 Å². The van der Waals surface area contributed by atoms with E-state index in [4.69, 9.17) is 0 Å². The van der Waals surface area contributed by atoms with Gasteiger partial charge in [0.2, 0.25) is 5.91 Å². The van der Waals surface area contributed by atoms with Crippen LogP contribution in [0.3, 0.4) is 0 Å². The number of benzene rings is 1. The molecule has 3 saturated carbocycles. The van der Waals surface area contributed by atoms with E-state index in [1.807, 2.05) is 6.07 Å². The van der Waals surface area contributed by atoms with Gasteiger partial charge in [-0.15, -0.1) is 0 Å². The molecule has 1 spiro atoms. The zero-order valence-corrected chi connectivity index (χ0v) is 22.5. The van der Waals surface area contributed by atoms with E-state index in [0.717, 1.165) is 42.6 Å². The predicted molar refractivity (Wildman–Crippen MR) is 143 cm³/mol. The Morgan fingerprint density at radius 3 is 2.63 bits per heavy atom. The lowest BCUT2D eigenvalue weighted by molar-refractivity contribution is -0.133. The molecular weight excluding hydrogens is 428 g/mol. The van der Waals surface area contributed by atoms with E-state index >= 15 is 0 Å².